The standard InChI is InChI=1S/C67H89F2N9O9Si/c1-43(2)88(44(3)4,45(5)6)33-19-51-54(68)14-12-47-34-49(87-42-83-8)36-52(58(47)51)60-59(69)61-53(37-70-60)62(77-25-11-20-66(7,82)41-77)73-64(72-61)86-40-50(84-9)39-75-31-29-74(30-32-75)38-46-16-21-67(22-17-46)23-27-76(28-24-67)63(80)48-13-15-56(85-10)55(35-48)78-26-18-57(79)71-65(78)81/h12-15,34-37,43-46,50,82H,11,16-18,20-32,38-42H2,1-10H3,(H,71,79,81)/t50-,66-/m1/s1. The molecule has 0 bridgehead atoms. The predicted octanol–water partition coefficient (Wildman–Crippen LogP) is 10.6. The van der Waals surface area contributed by atoms with Crippen LogP contribution in [0, 0.1) is 34.4 Å². The van der Waals surface area contributed by atoms with Crippen LogP contribution < -0.4 is 29.3 Å². The monoisotopic (exact) mass is 1230 g/mol. The van der Waals surface area contributed by atoms with Crippen molar-refractivity contribution in [3.63, 3.8) is 0 Å². The first kappa shape index (κ1) is 64.4. The lowest BCUT2D eigenvalue weighted by atomic mass is 9.65. The number of nitrogens with one attached hydrogen (secondary N) is 1. The molecule has 2 atom stereocenters. The summed E-state index contributed by atoms with van der Waals surface area (Å²) in [4.78, 5) is 63.2. The number of nitrogens with zero attached hydrogens (tertiary/aromatic N) is 8. The summed E-state index contributed by atoms with van der Waals surface area (Å²) in [5.41, 5.74) is 5.11. The number of urea groups is 1. The number of pyridine rings is 1. The van der Waals surface area contributed by atoms with E-state index in [1.165, 1.54) is 25.2 Å². The molecular weight excluding hydrogens is 1140 g/mol. The highest BCUT2D eigenvalue weighted by Crippen LogP contribution is 2.48. The van der Waals surface area contributed by atoms with E-state index >= 15 is 8.78 Å². The van der Waals surface area contributed by atoms with Crippen molar-refractivity contribution in [1.29, 1.82) is 0 Å². The Kier molecular flexibility index (Phi) is 20.0. The molecule has 1 aliphatic carbocycles. The van der Waals surface area contributed by atoms with Crippen LogP contribution in [0.1, 0.15) is 122 Å². The Labute approximate surface area is 518 Å². The second-order valence-electron chi connectivity index (χ2n) is 26.4. The highest BCUT2D eigenvalue weighted by molar-refractivity contribution is 6.90. The van der Waals surface area contributed by atoms with Crippen molar-refractivity contribution in [2.24, 2.45) is 11.3 Å². The first-order chi connectivity index (χ1) is 42.1. The molecule has 1 spiro atoms. The van der Waals surface area contributed by atoms with Crippen LogP contribution in [-0.4, -0.2) is 179 Å². The molecular formula is C67H89F2N9O9Si. The summed E-state index contributed by atoms with van der Waals surface area (Å²) in [7, 11) is 2.36. The second kappa shape index (κ2) is 27.3. The van der Waals surface area contributed by atoms with Crippen LogP contribution in [-0.2, 0) is 14.3 Å². The van der Waals surface area contributed by atoms with E-state index in [9.17, 15) is 19.5 Å². The number of amides is 4. The molecule has 18 nitrogen and oxygen atoms in total. The first-order valence-corrected chi connectivity index (χ1v) is 33.8. The molecule has 4 amide bonds. The number of methoxy groups -OCH3 is 3. The molecule has 10 rings (SSSR count). The molecule has 88 heavy (non-hydrogen) atoms. The van der Waals surface area contributed by atoms with Gasteiger partial charge in [0.15, 0.2) is 12.6 Å². The number of aromatic nitrogens is 3. The highest BCUT2D eigenvalue weighted by atomic mass is 28.3. The van der Waals surface area contributed by atoms with E-state index in [2.05, 4.69) is 68.1 Å². The van der Waals surface area contributed by atoms with Crippen LogP contribution in [0.15, 0.2) is 48.7 Å². The number of benzene rings is 3. The summed E-state index contributed by atoms with van der Waals surface area (Å²) in [6, 6.07) is 11.1. The molecule has 4 aliphatic heterocycles. The van der Waals surface area contributed by atoms with Gasteiger partial charge in [0.25, 0.3) is 5.91 Å². The van der Waals surface area contributed by atoms with E-state index in [1.807, 2.05) is 9.80 Å². The second-order valence-corrected chi connectivity index (χ2v) is 32.0. The Bertz CT molecular complexity index is 3400. The van der Waals surface area contributed by atoms with Gasteiger partial charge >= 0.3 is 12.0 Å². The number of likely N-dealkylation sites (tertiary alicyclic amines) is 1. The number of anilines is 2. The minimum atomic E-state index is -2.34. The summed E-state index contributed by atoms with van der Waals surface area (Å²) in [6.45, 7) is 22.7. The maximum absolute atomic E-state index is 17.9. The summed E-state index contributed by atoms with van der Waals surface area (Å²) in [5, 5.41) is 15.0. The SMILES string of the molecule is COCOc1cc(-c2ncc3c(N4CCC[C@@](C)(O)C4)nc(OC[C@@H](CN4CCN(CC5CCC6(CC5)CCN(C(=O)c5ccc(OC)c(N7CCC(=O)NC7=O)c5)CC6)CC4)OC)nc3c2F)c2c(C#C[Si](C(C)C)(C(C)C)C(C)C)c(F)ccc2c1. The fourth-order valence-corrected chi connectivity index (χ4v) is 20.0. The van der Waals surface area contributed by atoms with E-state index in [0.29, 0.717) is 106 Å². The summed E-state index contributed by atoms with van der Waals surface area (Å²) in [6.07, 6.45) is 9.22. The number of rotatable bonds is 19. The van der Waals surface area contributed by atoms with E-state index in [1.54, 1.807) is 56.6 Å². The summed E-state index contributed by atoms with van der Waals surface area (Å²) < 4.78 is 63.6. The number of piperidine rings is 2. The fraction of sp³-hybridized carbons (Fsp3) is 0.582. The van der Waals surface area contributed by atoms with E-state index in [4.69, 9.17) is 38.6 Å². The van der Waals surface area contributed by atoms with Crippen LogP contribution in [0.25, 0.3) is 32.9 Å². The zero-order chi connectivity index (χ0) is 62.7. The molecule has 5 fully saturated rings. The Balaban J connectivity index is 0.800. The van der Waals surface area contributed by atoms with Crippen molar-refractivity contribution in [3.8, 4) is 40.2 Å². The van der Waals surface area contributed by atoms with Crippen molar-refractivity contribution >= 4 is 59.1 Å². The van der Waals surface area contributed by atoms with Gasteiger partial charge in [-0.25, -0.2) is 13.6 Å². The van der Waals surface area contributed by atoms with Gasteiger partial charge in [-0.1, -0.05) is 53.5 Å². The van der Waals surface area contributed by atoms with Gasteiger partial charge in [-0.2, -0.15) is 9.97 Å². The van der Waals surface area contributed by atoms with Crippen LogP contribution in [0.4, 0.5) is 25.1 Å². The number of hydrogen-bond donors (Lipinski definition) is 2. The minimum absolute atomic E-state index is 0.0364. The molecule has 21 heteroatoms. The third kappa shape index (κ3) is 13.8. The van der Waals surface area contributed by atoms with Crippen LogP contribution in [0.2, 0.25) is 16.6 Å². The van der Waals surface area contributed by atoms with Crippen LogP contribution >= 0.6 is 0 Å². The molecule has 6 heterocycles. The third-order valence-corrected chi connectivity index (χ3v) is 26.0. The Morgan fingerprint density at radius 1 is 0.852 bits per heavy atom. The van der Waals surface area contributed by atoms with Crippen LogP contribution in [0.5, 0.6) is 17.5 Å². The molecule has 2 aromatic heterocycles. The zero-order valence-electron chi connectivity index (χ0n) is 53.1. The number of carbonyl (C=O) groups is 3. The number of imide groups is 1. The van der Waals surface area contributed by atoms with Crippen LogP contribution in [0.3, 0.4) is 0 Å². The van der Waals surface area contributed by atoms with Gasteiger partial charge in [-0.05, 0) is 128 Å². The molecule has 474 valence electrons. The quantitative estimate of drug-likeness (QED) is 0.0452. The number of ether oxygens (including phenoxy) is 5. The van der Waals surface area contributed by atoms with E-state index in [0.717, 1.165) is 71.2 Å². The average molecular weight is 1230 g/mol. The molecule has 0 unspecified atom stereocenters. The largest absolute Gasteiger partial charge is 0.495 e. The minimum Gasteiger partial charge on any atom is -0.495 e. The summed E-state index contributed by atoms with van der Waals surface area (Å²) >= 11 is 0. The number of hydrogen-bond acceptors (Lipinski definition) is 15. The van der Waals surface area contributed by atoms with Gasteiger partial charge in [-0.15, -0.1) is 5.54 Å². The smallest absolute Gasteiger partial charge is 0.328 e. The molecule has 3 aromatic carbocycles. The van der Waals surface area contributed by atoms with E-state index in [-0.39, 0.29) is 84.6 Å². The van der Waals surface area contributed by atoms with Crippen molar-refractivity contribution in [1.82, 2.24) is 35.0 Å². The molecule has 5 aromatic rings. The van der Waals surface area contributed by atoms with Gasteiger partial charge in [0, 0.05) is 115 Å². The van der Waals surface area contributed by atoms with Crippen molar-refractivity contribution < 1.29 is 52.0 Å². The summed E-state index contributed by atoms with van der Waals surface area (Å²) in [5.74, 6) is 3.54. The lowest BCUT2D eigenvalue weighted by molar-refractivity contribution is -0.120. The number of halogens is 2. The van der Waals surface area contributed by atoms with Gasteiger partial charge in [-0.3, -0.25) is 29.7 Å². The average Bonchev–Trinajstić information content (AvgIpc) is 1.01. The Morgan fingerprint density at radius 2 is 1.57 bits per heavy atom. The predicted molar refractivity (Wildman–Crippen MR) is 340 cm³/mol. The highest BCUT2D eigenvalue weighted by Gasteiger charge is 2.43. The Morgan fingerprint density at radius 3 is 2.23 bits per heavy atom. The molecule has 2 N–H and O–H groups in total. The normalized spacial score (nSPS) is 20.3. The number of piperazine rings is 1. The van der Waals surface area contributed by atoms with Gasteiger partial charge in [0.1, 0.15) is 55.1 Å². The molecule has 5 aliphatic rings. The lowest BCUT2D eigenvalue weighted by Gasteiger charge is -2.47. The first-order valence-electron chi connectivity index (χ1n) is 31.6. The third-order valence-electron chi connectivity index (χ3n) is 19.7. The van der Waals surface area contributed by atoms with E-state index < -0.39 is 31.3 Å². The van der Waals surface area contributed by atoms with Gasteiger partial charge in [0.05, 0.1) is 29.3 Å². The van der Waals surface area contributed by atoms with Gasteiger partial charge in [0.2, 0.25) is 5.91 Å². The number of aliphatic hydroxyl groups is 1. The lowest BCUT2D eigenvalue weighted by Crippen LogP contribution is -2.51. The van der Waals surface area contributed by atoms with Crippen molar-refractivity contribution in [3.05, 3.63) is 71.4 Å². The molecule has 1 saturated carbocycles. The maximum atomic E-state index is 17.9. The number of β-amino-alcohol motifs (C(OH)–C–C–N with tert-alkyl or cyclic N) is 1. The van der Waals surface area contributed by atoms with Crippen molar-refractivity contribution in [2.75, 3.05) is 117 Å². The Hall–Kier alpha value is -6.54. The molecule has 0 radical (unpaired) electrons. The number of fused-ring (bicyclic) bond motifs is 2. The van der Waals surface area contributed by atoms with Gasteiger partial charge < -0.3 is 43.5 Å². The zero-order valence-corrected chi connectivity index (χ0v) is 54.1. The molecule has 4 saturated heterocycles. The fourth-order valence-electron chi connectivity index (χ4n) is 14.8. The maximum Gasteiger partial charge on any atom is 0.328 e. The number of carbonyl (C=O) groups excluding carboxylic acids is 3. The van der Waals surface area contributed by atoms with Crippen molar-refractivity contribution in [2.45, 2.75) is 135 Å². The topological polar surface area (TPSA) is 184 Å².